The topological polar surface area (TPSA) is 87.6 Å². The maximum Gasteiger partial charge on any atom is 0.240 e. The van der Waals surface area contributed by atoms with Crippen LogP contribution in [-0.2, 0) is 27.7 Å². The van der Waals surface area contributed by atoms with Crippen LogP contribution in [0.2, 0.25) is 0 Å². The first kappa shape index (κ1) is 14.9. The Labute approximate surface area is 129 Å². The van der Waals surface area contributed by atoms with Crippen molar-refractivity contribution in [2.75, 3.05) is 0 Å². The van der Waals surface area contributed by atoms with Gasteiger partial charge in [-0.3, -0.25) is 4.79 Å². The maximum absolute atomic E-state index is 11.6. The molecule has 1 aliphatic heterocycles. The lowest BCUT2D eigenvalue weighted by Crippen LogP contribution is -2.33. The third-order valence-corrected chi connectivity index (χ3v) is 5.03. The number of nitrogens with zero attached hydrogens (tertiary/aromatic N) is 1. The fraction of sp³-hybridized carbons (Fsp3) is 0.333. The fourth-order valence-corrected chi connectivity index (χ4v) is 3.57. The van der Waals surface area contributed by atoms with Crippen molar-refractivity contribution < 1.29 is 13.2 Å². The summed E-state index contributed by atoms with van der Waals surface area (Å²) in [6.45, 7) is 3.30. The van der Waals surface area contributed by atoms with Crippen molar-refractivity contribution in [2.24, 2.45) is 5.10 Å². The van der Waals surface area contributed by atoms with Gasteiger partial charge in [0.05, 0.1) is 5.71 Å². The molecule has 1 heterocycles. The SMILES string of the molecule is C=CS(=O)(=O)NC1Cc2ccc(C3=NNC(=O)CC3)cc2C1. The Bertz CT molecular complexity index is 768. The minimum absolute atomic E-state index is 0.0659. The molecule has 6 nitrogen and oxygen atoms in total. The number of benzene rings is 1. The summed E-state index contributed by atoms with van der Waals surface area (Å²) in [5.41, 5.74) is 6.59. The standard InChI is InChI=1S/C15H17N3O3S/c1-2-22(20,21)18-13-8-10-3-4-11(7-12(10)9-13)14-5-6-15(19)17-16-14/h2-4,7,13,18H,1,5-6,8-9H2,(H,17,19). The third kappa shape index (κ3) is 3.10. The van der Waals surface area contributed by atoms with Gasteiger partial charge in [-0.1, -0.05) is 18.7 Å². The number of nitrogens with one attached hydrogen (secondary N) is 2. The van der Waals surface area contributed by atoms with E-state index in [2.05, 4.69) is 21.8 Å². The van der Waals surface area contributed by atoms with Gasteiger partial charge in [0.2, 0.25) is 15.9 Å². The van der Waals surface area contributed by atoms with Crippen LogP contribution < -0.4 is 10.1 Å². The lowest BCUT2D eigenvalue weighted by atomic mass is 10.00. The molecule has 3 rings (SSSR count). The molecule has 0 saturated carbocycles. The summed E-state index contributed by atoms with van der Waals surface area (Å²) in [7, 11) is -3.41. The fourth-order valence-electron chi connectivity index (χ4n) is 2.84. The molecule has 7 heteroatoms. The molecule has 0 radical (unpaired) electrons. The van der Waals surface area contributed by atoms with Gasteiger partial charge in [-0.15, -0.1) is 0 Å². The van der Waals surface area contributed by atoms with Gasteiger partial charge in [0, 0.05) is 24.3 Å². The Hall–Kier alpha value is -1.99. The summed E-state index contributed by atoms with van der Waals surface area (Å²) in [4.78, 5) is 11.1. The van der Waals surface area contributed by atoms with Crippen LogP contribution in [0, 0.1) is 0 Å². The number of amides is 1. The Kier molecular flexibility index (Phi) is 3.84. The van der Waals surface area contributed by atoms with Gasteiger partial charge in [0.1, 0.15) is 0 Å². The number of carbonyl (C=O) groups is 1. The number of fused-ring (bicyclic) bond motifs is 1. The second-order valence-electron chi connectivity index (χ2n) is 5.51. The number of rotatable bonds is 4. The highest BCUT2D eigenvalue weighted by Crippen LogP contribution is 2.25. The van der Waals surface area contributed by atoms with E-state index in [9.17, 15) is 13.2 Å². The highest BCUT2D eigenvalue weighted by molar-refractivity contribution is 7.92. The minimum Gasteiger partial charge on any atom is -0.273 e. The summed E-state index contributed by atoms with van der Waals surface area (Å²) in [5.74, 6) is -0.0659. The molecule has 1 aliphatic carbocycles. The summed E-state index contributed by atoms with van der Waals surface area (Å²) in [6.07, 6.45) is 2.39. The zero-order chi connectivity index (χ0) is 15.7. The quantitative estimate of drug-likeness (QED) is 0.862. The Morgan fingerprint density at radius 3 is 2.73 bits per heavy atom. The second-order valence-corrected chi connectivity index (χ2v) is 7.17. The van der Waals surface area contributed by atoms with Gasteiger partial charge in [0.25, 0.3) is 0 Å². The monoisotopic (exact) mass is 319 g/mol. The van der Waals surface area contributed by atoms with Gasteiger partial charge in [0.15, 0.2) is 0 Å². The van der Waals surface area contributed by atoms with Gasteiger partial charge in [-0.05, 0) is 35.6 Å². The maximum atomic E-state index is 11.6. The molecule has 22 heavy (non-hydrogen) atoms. The normalized spacial score (nSPS) is 21.0. The number of hydrazone groups is 1. The van der Waals surface area contributed by atoms with E-state index in [1.165, 1.54) is 0 Å². The number of hydrogen-bond donors (Lipinski definition) is 2. The molecule has 2 aliphatic rings. The molecule has 1 unspecified atom stereocenters. The Morgan fingerprint density at radius 1 is 1.27 bits per heavy atom. The van der Waals surface area contributed by atoms with Gasteiger partial charge in [-0.2, -0.15) is 5.10 Å². The van der Waals surface area contributed by atoms with Crippen molar-refractivity contribution in [2.45, 2.75) is 31.7 Å². The summed E-state index contributed by atoms with van der Waals surface area (Å²) in [6, 6.07) is 5.88. The third-order valence-electron chi connectivity index (χ3n) is 3.93. The largest absolute Gasteiger partial charge is 0.273 e. The van der Waals surface area contributed by atoms with Crippen molar-refractivity contribution >= 4 is 21.6 Å². The Balaban J connectivity index is 1.78. The summed E-state index contributed by atoms with van der Waals surface area (Å²) < 4.78 is 25.7. The summed E-state index contributed by atoms with van der Waals surface area (Å²) >= 11 is 0. The van der Waals surface area contributed by atoms with E-state index in [0.717, 1.165) is 27.8 Å². The van der Waals surface area contributed by atoms with E-state index in [1.807, 2.05) is 18.2 Å². The first-order valence-corrected chi connectivity index (χ1v) is 8.64. The molecule has 0 bridgehead atoms. The Morgan fingerprint density at radius 2 is 2.05 bits per heavy atom. The van der Waals surface area contributed by atoms with Crippen molar-refractivity contribution in [3.05, 3.63) is 46.9 Å². The van der Waals surface area contributed by atoms with Crippen LogP contribution in [0.3, 0.4) is 0 Å². The van der Waals surface area contributed by atoms with E-state index in [4.69, 9.17) is 0 Å². The van der Waals surface area contributed by atoms with Crippen LogP contribution in [0.25, 0.3) is 0 Å². The molecule has 1 atom stereocenters. The predicted molar refractivity (Wildman–Crippen MR) is 83.8 cm³/mol. The second kappa shape index (κ2) is 5.66. The van der Waals surface area contributed by atoms with Crippen LogP contribution in [0.4, 0.5) is 0 Å². The van der Waals surface area contributed by atoms with Crippen molar-refractivity contribution in [3.8, 4) is 0 Å². The first-order valence-electron chi connectivity index (χ1n) is 7.09. The van der Waals surface area contributed by atoms with Crippen LogP contribution in [0.1, 0.15) is 29.5 Å². The lowest BCUT2D eigenvalue weighted by molar-refractivity contribution is -0.121. The molecule has 0 saturated heterocycles. The van der Waals surface area contributed by atoms with E-state index in [0.29, 0.717) is 25.7 Å². The molecule has 0 fully saturated rings. The summed E-state index contributed by atoms with van der Waals surface area (Å²) in [5, 5.41) is 5.02. The molecule has 1 aromatic carbocycles. The van der Waals surface area contributed by atoms with E-state index in [-0.39, 0.29) is 11.9 Å². The van der Waals surface area contributed by atoms with Gasteiger partial charge in [-0.25, -0.2) is 18.6 Å². The molecule has 116 valence electrons. The molecule has 1 aromatic rings. The van der Waals surface area contributed by atoms with Crippen molar-refractivity contribution in [3.63, 3.8) is 0 Å². The zero-order valence-electron chi connectivity index (χ0n) is 12.0. The molecule has 2 N–H and O–H groups in total. The molecule has 0 spiro atoms. The van der Waals surface area contributed by atoms with Crippen molar-refractivity contribution in [1.29, 1.82) is 0 Å². The molecule has 0 aromatic heterocycles. The highest BCUT2D eigenvalue weighted by Gasteiger charge is 2.25. The molecular formula is C15H17N3O3S. The smallest absolute Gasteiger partial charge is 0.240 e. The lowest BCUT2D eigenvalue weighted by Gasteiger charge is -2.13. The average Bonchev–Trinajstić information content (AvgIpc) is 2.88. The molecule has 1 amide bonds. The van der Waals surface area contributed by atoms with Gasteiger partial charge < -0.3 is 0 Å². The number of hydrogen-bond acceptors (Lipinski definition) is 4. The van der Waals surface area contributed by atoms with Crippen LogP contribution in [0.15, 0.2) is 35.3 Å². The number of carbonyl (C=O) groups excluding carboxylic acids is 1. The minimum atomic E-state index is -3.41. The van der Waals surface area contributed by atoms with E-state index >= 15 is 0 Å². The van der Waals surface area contributed by atoms with Crippen molar-refractivity contribution in [1.82, 2.24) is 10.1 Å². The van der Waals surface area contributed by atoms with Crippen LogP contribution >= 0.6 is 0 Å². The first-order chi connectivity index (χ1) is 10.5. The van der Waals surface area contributed by atoms with Gasteiger partial charge >= 0.3 is 0 Å². The predicted octanol–water partition coefficient (Wildman–Crippen LogP) is 0.831. The average molecular weight is 319 g/mol. The highest BCUT2D eigenvalue weighted by atomic mass is 32.2. The van der Waals surface area contributed by atoms with E-state index < -0.39 is 10.0 Å². The van der Waals surface area contributed by atoms with E-state index in [1.54, 1.807) is 0 Å². The number of sulfonamides is 1. The molecular weight excluding hydrogens is 302 g/mol. The van der Waals surface area contributed by atoms with Crippen LogP contribution in [0.5, 0.6) is 0 Å². The van der Waals surface area contributed by atoms with Crippen LogP contribution in [-0.4, -0.2) is 26.1 Å². The zero-order valence-corrected chi connectivity index (χ0v) is 12.8.